The van der Waals surface area contributed by atoms with Crippen molar-refractivity contribution in [3.63, 3.8) is 0 Å². The van der Waals surface area contributed by atoms with Crippen LogP contribution in [0, 0.1) is 11.8 Å². The third kappa shape index (κ3) is 4.40. The second-order valence-corrected chi connectivity index (χ2v) is 10.5. The van der Waals surface area contributed by atoms with E-state index < -0.39 is 5.92 Å². The Bertz CT molecular complexity index is 1480. The molecule has 7 nitrogen and oxygen atoms in total. The minimum atomic E-state index is -3.06. The topological polar surface area (TPSA) is 67.2 Å². The van der Waals surface area contributed by atoms with Crippen LogP contribution in [0.5, 0.6) is 0 Å². The Morgan fingerprint density at radius 3 is 2.58 bits per heavy atom. The summed E-state index contributed by atoms with van der Waals surface area (Å²) in [5.74, 6) is -2.88. The molecule has 1 saturated heterocycles. The first kappa shape index (κ1) is 24.5. The lowest BCUT2D eigenvalue weighted by Crippen LogP contribution is -2.49. The van der Waals surface area contributed by atoms with Crippen molar-refractivity contribution in [2.45, 2.75) is 39.3 Å². The third-order valence-corrected chi connectivity index (χ3v) is 7.85. The zero-order valence-electron chi connectivity index (χ0n) is 21.5. The molecular weight excluding hydrogens is 486 g/mol. The van der Waals surface area contributed by atoms with Gasteiger partial charge in [0, 0.05) is 56.3 Å². The van der Waals surface area contributed by atoms with Crippen molar-refractivity contribution in [1.29, 1.82) is 0 Å². The van der Waals surface area contributed by atoms with E-state index in [0.717, 1.165) is 54.2 Å². The van der Waals surface area contributed by atoms with Crippen molar-refractivity contribution in [3.8, 4) is 11.1 Å². The molecule has 2 aromatic heterocycles. The maximum Gasteiger partial charge on any atom is 0.304 e. The standard InChI is InChI=1S/C29H30F2N6O/c1-19-17-35(25-10-12-32-24-16-21(8-9-23(24)25)20-6-4-3-5-7-20)13-11-22(19)27(38)36-14-15-37-26(18-36)33-34-28(37)29(2,30)31/h3-10,12,16,19,22H,11,13-15,17-18H2,1-2H3/t19-,22+/m1/s1. The number of rotatable bonds is 4. The number of amides is 1. The highest BCUT2D eigenvalue weighted by Crippen LogP contribution is 2.35. The molecule has 38 heavy (non-hydrogen) atoms. The number of hydrogen-bond acceptors (Lipinski definition) is 5. The number of piperidine rings is 1. The number of fused-ring (bicyclic) bond motifs is 2. The molecule has 1 fully saturated rings. The van der Waals surface area contributed by atoms with Gasteiger partial charge in [-0.3, -0.25) is 9.78 Å². The fourth-order valence-corrected chi connectivity index (χ4v) is 5.86. The van der Waals surface area contributed by atoms with E-state index in [1.54, 1.807) is 4.90 Å². The number of hydrogen-bond donors (Lipinski definition) is 0. The Labute approximate surface area is 220 Å². The van der Waals surface area contributed by atoms with Gasteiger partial charge in [0.15, 0.2) is 5.82 Å². The molecule has 9 heteroatoms. The number of aromatic nitrogens is 4. The van der Waals surface area contributed by atoms with E-state index in [4.69, 9.17) is 0 Å². The molecule has 0 bridgehead atoms. The van der Waals surface area contributed by atoms with Crippen molar-refractivity contribution < 1.29 is 13.6 Å². The second-order valence-electron chi connectivity index (χ2n) is 10.5. The molecule has 0 saturated carbocycles. The van der Waals surface area contributed by atoms with Crippen molar-refractivity contribution in [2.75, 3.05) is 24.5 Å². The van der Waals surface area contributed by atoms with Gasteiger partial charge in [-0.15, -0.1) is 10.2 Å². The van der Waals surface area contributed by atoms with Crippen molar-refractivity contribution in [1.82, 2.24) is 24.6 Å². The van der Waals surface area contributed by atoms with Gasteiger partial charge >= 0.3 is 5.92 Å². The highest BCUT2D eigenvalue weighted by Gasteiger charge is 2.38. The molecule has 4 heterocycles. The summed E-state index contributed by atoms with van der Waals surface area (Å²) in [6.45, 7) is 5.35. The minimum Gasteiger partial charge on any atom is -0.371 e. The molecule has 2 atom stereocenters. The monoisotopic (exact) mass is 516 g/mol. The summed E-state index contributed by atoms with van der Waals surface area (Å²) in [4.78, 5) is 22.2. The van der Waals surface area contributed by atoms with E-state index in [1.807, 2.05) is 24.4 Å². The van der Waals surface area contributed by atoms with Gasteiger partial charge in [0.2, 0.25) is 11.7 Å². The Morgan fingerprint density at radius 1 is 1.00 bits per heavy atom. The Balaban J connectivity index is 1.17. The molecule has 0 unspecified atom stereocenters. The van der Waals surface area contributed by atoms with Crippen LogP contribution in [0.1, 0.15) is 31.9 Å². The van der Waals surface area contributed by atoms with Gasteiger partial charge in [0.25, 0.3) is 0 Å². The maximum absolute atomic E-state index is 13.8. The predicted octanol–water partition coefficient (Wildman–Crippen LogP) is 5.11. The Hall–Kier alpha value is -3.88. The van der Waals surface area contributed by atoms with Crippen molar-refractivity contribution in [2.24, 2.45) is 11.8 Å². The Kier molecular flexibility index (Phi) is 6.08. The lowest BCUT2D eigenvalue weighted by Gasteiger charge is -2.40. The molecule has 2 aliphatic rings. The van der Waals surface area contributed by atoms with Gasteiger partial charge in [-0.2, -0.15) is 8.78 Å². The summed E-state index contributed by atoms with van der Waals surface area (Å²) < 4.78 is 29.1. The van der Waals surface area contributed by atoms with E-state index in [9.17, 15) is 13.6 Å². The summed E-state index contributed by atoms with van der Waals surface area (Å²) in [7, 11) is 0. The molecule has 2 aliphatic heterocycles. The largest absolute Gasteiger partial charge is 0.371 e. The van der Waals surface area contributed by atoms with Gasteiger partial charge in [0.1, 0.15) is 0 Å². The maximum atomic E-state index is 13.8. The van der Waals surface area contributed by atoms with Gasteiger partial charge in [-0.05, 0) is 35.6 Å². The number of pyridine rings is 1. The van der Waals surface area contributed by atoms with Crippen LogP contribution < -0.4 is 4.90 Å². The van der Waals surface area contributed by atoms with E-state index in [1.165, 1.54) is 4.57 Å². The number of benzene rings is 2. The molecule has 0 radical (unpaired) electrons. The third-order valence-electron chi connectivity index (χ3n) is 7.85. The van der Waals surface area contributed by atoms with E-state index in [-0.39, 0.29) is 36.7 Å². The molecule has 1 amide bonds. The van der Waals surface area contributed by atoms with Crippen LogP contribution >= 0.6 is 0 Å². The number of anilines is 1. The summed E-state index contributed by atoms with van der Waals surface area (Å²) in [5, 5.41) is 8.75. The first-order valence-electron chi connectivity index (χ1n) is 13.1. The highest BCUT2D eigenvalue weighted by atomic mass is 19.3. The van der Waals surface area contributed by atoms with E-state index in [2.05, 4.69) is 63.4 Å². The molecule has 196 valence electrons. The average molecular weight is 517 g/mol. The smallest absolute Gasteiger partial charge is 0.304 e. The van der Waals surface area contributed by atoms with Crippen LogP contribution in [-0.4, -0.2) is 50.2 Å². The first-order chi connectivity index (χ1) is 18.3. The zero-order valence-corrected chi connectivity index (χ0v) is 21.5. The van der Waals surface area contributed by atoms with E-state index in [0.29, 0.717) is 12.4 Å². The van der Waals surface area contributed by atoms with Crippen LogP contribution in [0.2, 0.25) is 0 Å². The number of nitrogens with zero attached hydrogens (tertiary/aromatic N) is 6. The second kappa shape index (κ2) is 9.45. The van der Waals surface area contributed by atoms with Gasteiger partial charge in [-0.1, -0.05) is 49.4 Å². The van der Waals surface area contributed by atoms with Crippen molar-refractivity contribution in [3.05, 3.63) is 72.4 Å². The molecule has 0 aliphatic carbocycles. The van der Waals surface area contributed by atoms with Crippen molar-refractivity contribution >= 4 is 22.5 Å². The summed E-state index contributed by atoms with van der Waals surface area (Å²) in [6, 6.07) is 18.7. The molecule has 0 N–H and O–H groups in total. The summed E-state index contributed by atoms with van der Waals surface area (Å²) in [6.07, 6.45) is 2.58. The molecule has 0 spiro atoms. The fourth-order valence-electron chi connectivity index (χ4n) is 5.86. The number of alkyl halides is 2. The lowest BCUT2D eigenvalue weighted by atomic mass is 9.85. The van der Waals surface area contributed by atoms with Crippen LogP contribution in [0.3, 0.4) is 0 Å². The molecular formula is C29H30F2N6O. The van der Waals surface area contributed by atoms with Crippen LogP contribution in [0.25, 0.3) is 22.0 Å². The number of halogens is 2. The quantitative estimate of drug-likeness (QED) is 0.377. The van der Waals surface area contributed by atoms with Gasteiger partial charge < -0.3 is 14.4 Å². The zero-order chi connectivity index (χ0) is 26.4. The number of carbonyl (C=O) groups is 1. The van der Waals surface area contributed by atoms with E-state index >= 15 is 0 Å². The minimum absolute atomic E-state index is 0.0725. The van der Waals surface area contributed by atoms with Crippen LogP contribution in [-0.2, 0) is 23.8 Å². The SMILES string of the molecule is C[C@@H]1CN(c2ccnc3cc(-c4ccccc4)ccc23)CC[C@@H]1C(=O)N1CCn2c(nnc2C(C)(F)F)C1. The normalized spacial score (nSPS) is 20.0. The molecule has 2 aromatic carbocycles. The molecule has 4 aromatic rings. The average Bonchev–Trinajstić information content (AvgIpc) is 3.37. The molecule has 6 rings (SSSR count). The highest BCUT2D eigenvalue weighted by molar-refractivity contribution is 5.94. The predicted molar refractivity (Wildman–Crippen MR) is 142 cm³/mol. The summed E-state index contributed by atoms with van der Waals surface area (Å²) >= 11 is 0. The van der Waals surface area contributed by atoms with Gasteiger partial charge in [0.05, 0.1) is 12.1 Å². The number of carbonyl (C=O) groups excluding carboxylic acids is 1. The fraction of sp³-hybridized carbons (Fsp3) is 0.379. The Morgan fingerprint density at radius 2 is 1.82 bits per heavy atom. The van der Waals surface area contributed by atoms with Crippen LogP contribution in [0.15, 0.2) is 60.8 Å². The van der Waals surface area contributed by atoms with Gasteiger partial charge in [-0.25, -0.2) is 0 Å². The first-order valence-corrected chi connectivity index (χ1v) is 13.1. The van der Waals surface area contributed by atoms with Crippen LogP contribution in [0.4, 0.5) is 14.5 Å². The summed E-state index contributed by atoms with van der Waals surface area (Å²) in [5.41, 5.74) is 4.37. The lowest BCUT2D eigenvalue weighted by molar-refractivity contribution is -0.139.